The molecule has 0 aliphatic carbocycles. The fourth-order valence-electron chi connectivity index (χ4n) is 4.10. The monoisotopic (exact) mass is 373 g/mol. The molecule has 0 spiro atoms. The highest BCUT2D eigenvalue weighted by molar-refractivity contribution is 7.17. The second-order valence-corrected chi connectivity index (χ2v) is 8.40. The van der Waals surface area contributed by atoms with E-state index in [0.29, 0.717) is 24.2 Å². The van der Waals surface area contributed by atoms with Crippen LogP contribution >= 0.6 is 11.3 Å². The van der Waals surface area contributed by atoms with Crippen molar-refractivity contribution in [2.75, 3.05) is 44.2 Å². The fraction of sp³-hybridized carbons (Fsp3) is 0.632. The van der Waals surface area contributed by atoms with Crippen LogP contribution in [0.25, 0.3) is 10.2 Å². The molecule has 4 rings (SSSR count). The van der Waals surface area contributed by atoms with Crippen molar-refractivity contribution in [2.24, 2.45) is 11.8 Å². The van der Waals surface area contributed by atoms with Crippen LogP contribution in [0, 0.1) is 11.8 Å². The number of rotatable bonds is 4. The standard InChI is InChI=1S/C19H27N5OS/c1-14(15-3-2-5-20-12-15)11-17(25)23-6-8-24(9-7-23)19-18-16(4-10-26-18)21-13-22-19/h4,10,13-15,20H,2-3,5-9,11-12H2,1H3. The van der Waals surface area contributed by atoms with Crippen LogP contribution in [0.3, 0.4) is 0 Å². The van der Waals surface area contributed by atoms with E-state index in [1.54, 1.807) is 17.7 Å². The highest BCUT2D eigenvalue weighted by Gasteiger charge is 2.27. The van der Waals surface area contributed by atoms with Crippen LogP contribution in [0.15, 0.2) is 17.8 Å². The number of piperazine rings is 1. The summed E-state index contributed by atoms with van der Waals surface area (Å²) in [7, 11) is 0. The van der Waals surface area contributed by atoms with E-state index in [0.717, 1.165) is 55.3 Å². The molecule has 2 saturated heterocycles. The van der Waals surface area contributed by atoms with Crippen molar-refractivity contribution in [3.63, 3.8) is 0 Å². The average Bonchev–Trinajstić information content (AvgIpc) is 3.17. The Hall–Kier alpha value is -1.73. The van der Waals surface area contributed by atoms with Gasteiger partial charge in [0.1, 0.15) is 12.1 Å². The van der Waals surface area contributed by atoms with E-state index in [2.05, 4.69) is 32.5 Å². The molecule has 2 unspecified atom stereocenters. The summed E-state index contributed by atoms with van der Waals surface area (Å²) in [5.74, 6) is 2.42. The molecule has 2 atom stereocenters. The third-order valence-corrected chi connectivity index (χ3v) is 6.69. The zero-order chi connectivity index (χ0) is 17.9. The van der Waals surface area contributed by atoms with E-state index < -0.39 is 0 Å². The Kier molecular flexibility index (Phi) is 5.36. The van der Waals surface area contributed by atoms with Gasteiger partial charge < -0.3 is 15.1 Å². The van der Waals surface area contributed by atoms with E-state index in [1.165, 1.54) is 12.8 Å². The molecule has 140 valence electrons. The van der Waals surface area contributed by atoms with Crippen molar-refractivity contribution >= 4 is 33.3 Å². The van der Waals surface area contributed by atoms with Gasteiger partial charge in [0, 0.05) is 32.6 Å². The van der Waals surface area contributed by atoms with E-state index in [9.17, 15) is 4.79 Å². The van der Waals surface area contributed by atoms with E-state index in [1.807, 2.05) is 11.0 Å². The molecule has 2 aromatic rings. The Bertz CT molecular complexity index is 749. The van der Waals surface area contributed by atoms with E-state index >= 15 is 0 Å². The number of amides is 1. The molecule has 2 fully saturated rings. The molecule has 26 heavy (non-hydrogen) atoms. The number of carbonyl (C=O) groups is 1. The predicted octanol–water partition coefficient (Wildman–Crippen LogP) is 2.37. The zero-order valence-corrected chi connectivity index (χ0v) is 16.2. The lowest BCUT2D eigenvalue weighted by atomic mass is 9.85. The summed E-state index contributed by atoms with van der Waals surface area (Å²) in [5.41, 5.74) is 1.01. The van der Waals surface area contributed by atoms with Gasteiger partial charge >= 0.3 is 0 Å². The number of aromatic nitrogens is 2. The first-order valence-corrected chi connectivity index (χ1v) is 10.5. The van der Waals surface area contributed by atoms with Gasteiger partial charge in [0.25, 0.3) is 0 Å². The van der Waals surface area contributed by atoms with Gasteiger partial charge in [-0.15, -0.1) is 11.3 Å². The number of fused-ring (bicyclic) bond motifs is 1. The van der Waals surface area contributed by atoms with Gasteiger partial charge in [-0.05, 0) is 49.2 Å². The summed E-state index contributed by atoms with van der Waals surface area (Å²) in [4.78, 5) is 25.9. The molecule has 7 heteroatoms. The highest BCUT2D eigenvalue weighted by atomic mass is 32.1. The van der Waals surface area contributed by atoms with Crippen molar-refractivity contribution < 1.29 is 4.79 Å². The molecule has 2 aromatic heterocycles. The average molecular weight is 374 g/mol. The van der Waals surface area contributed by atoms with Gasteiger partial charge in [-0.1, -0.05) is 6.92 Å². The normalized spacial score (nSPS) is 22.6. The molecule has 4 heterocycles. The van der Waals surface area contributed by atoms with Gasteiger partial charge in [-0.2, -0.15) is 0 Å². The Morgan fingerprint density at radius 3 is 2.96 bits per heavy atom. The molecular weight excluding hydrogens is 346 g/mol. The number of hydrogen-bond acceptors (Lipinski definition) is 6. The number of anilines is 1. The van der Waals surface area contributed by atoms with Crippen LogP contribution in [0.2, 0.25) is 0 Å². The number of nitrogens with one attached hydrogen (secondary N) is 1. The molecule has 0 saturated carbocycles. The Morgan fingerprint density at radius 1 is 1.35 bits per heavy atom. The van der Waals surface area contributed by atoms with Crippen LogP contribution in [-0.4, -0.2) is 60.0 Å². The first-order chi connectivity index (χ1) is 12.7. The van der Waals surface area contributed by atoms with Crippen molar-refractivity contribution in [2.45, 2.75) is 26.2 Å². The molecule has 1 N–H and O–H groups in total. The van der Waals surface area contributed by atoms with Crippen LogP contribution in [0.4, 0.5) is 5.82 Å². The topological polar surface area (TPSA) is 61.4 Å². The molecular formula is C19H27N5OS. The van der Waals surface area contributed by atoms with Crippen molar-refractivity contribution in [3.05, 3.63) is 17.8 Å². The van der Waals surface area contributed by atoms with Gasteiger partial charge in [-0.3, -0.25) is 4.79 Å². The molecule has 2 aliphatic rings. The molecule has 1 amide bonds. The minimum atomic E-state index is 0.312. The van der Waals surface area contributed by atoms with Crippen molar-refractivity contribution in [1.29, 1.82) is 0 Å². The zero-order valence-electron chi connectivity index (χ0n) is 15.4. The fourth-order valence-corrected chi connectivity index (χ4v) is 4.97. The van der Waals surface area contributed by atoms with Crippen LogP contribution < -0.4 is 10.2 Å². The summed E-state index contributed by atoms with van der Waals surface area (Å²) in [5, 5.41) is 5.52. The molecule has 0 bridgehead atoms. The maximum absolute atomic E-state index is 12.7. The smallest absolute Gasteiger partial charge is 0.222 e. The van der Waals surface area contributed by atoms with Crippen LogP contribution in [-0.2, 0) is 4.79 Å². The lowest BCUT2D eigenvalue weighted by Crippen LogP contribution is -2.49. The lowest BCUT2D eigenvalue weighted by Gasteiger charge is -2.36. The largest absolute Gasteiger partial charge is 0.352 e. The third-order valence-electron chi connectivity index (χ3n) is 5.79. The lowest BCUT2D eigenvalue weighted by molar-refractivity contribution is -0.132. The Balaban J connectivity index is 1.33. The molecule has 0 aromatic carbocycles. The van der Waals surface area contributed by atoms with Gasteiger partial charge in [0.15, 0.2) is 0 Å². The predicted molar refractivity (Wildman–Crippen MR) is 106 cm³/mol. The minimum Gasteiger partial charge on any atom is -0.352 e. The first kappa shape index (κ1) is 17.7. The summed E-state index contributed by atoms with van der Waals surface area (Å²) in [6, 6.07) is 2.03. The molecule has 6 nitrogen and oxygen atoms in total. The second kappa shape index (κ2) is 7.88. The number of nitrogens with zero attached hydrogens (tertiary/aromatic N) is 4. The van der Waals surface area contributed by atoms with E-state index in [4.69, 9.17) is 0 Å². The molecule has 0 radical (unpaired) electrons. The second-order valence-electron chi connectivity index (χ2n) is 7.49. The SMILES string of the molecule is CC(CC(=O)N1CCN(c2ncnc3ccsc23)CC1)C1CCCNC1. The maximum atomic E-state index is 12.7. The maximum Gasteiger partial charge on any atom is 0.222 e. The number of piperidine rings is 1. The van der Waals surface area contributed by atoms with Crippen molar-refractivity contribution in [1.82, 2.24) is 20.2 Å². The minimum absolute atomic E-state index is 0.312. The van der Waals surface area contributed by atoms with Gasteiger partial charge in [-0.25, -0.2) is 9.97 Å². The Morgan fingerprint density at radius 2 is 2.19 bits per heavy atom. The summed E-state index contributed by atoms with van der Waals surface area (Å²) in [6.07, 6.45) is 4.80. The first-order valence-electron chi connectivity index (χ1n) is 9.64. The third kappa shape index (κ3) is 3.69. The van der Waals surface area contributed by atoms with Crippen molar-refractivity contribution in [3.8, 4) is 0 Å². The number of thiophene rings is 1. The van der Waals surface area contributed by atoms with Gasteiger partial charge in [0.2, 0.25) is 5.91 Å². The summed E-state index contributed by atoms with van der Waals surface area (Å²) in [6.45, 7) is 7.67. The van der Waals surface area contributed by atoms with Gasteiger partial charge in [0.05, 0.1) is 10.2 Å². The Labute approximate surface area is 158 Å². The quantitative estimate of drug-likeness (QED) is 0.891. The number of hydrogen-bond donors (Lipinski definition) is 1. The van der Waals surface area contributed by atoms with E-state index in [-0.39, 0.29) is 0 Å². The van der Waals surface area contributed by atoms with Crippen LogP contribution in [0.5, 0.6) is 0 Å². The number of carbonyl (C=O) groups excluding carboxylic acids is 1. The van der Waals surface area contributed by atoms with Crippen LogP contribution in [0.1, 0.15) is 26.2 Å². The molecule has 2 aliphatic heterocycles. The highest BCUT2D eigenvalue weighted by Crippen LogP contribution is 2.29. The summed E-state index contributed by atoms with van der Waals surface area (Å²) < 4.78 is 1.14. The summed E-state index contributed by atoms with van der Waals surface area (Å²) >= 11 is 1.69.